The van der Waals surface area contributed by atoms with Crippen LogP contribution in [0.25, 0.3) is 0 Å². The molecule has 0 amide bonds. The molecule has 88 heavy (non-hydrogen) atoms. The van der Waals surface area contributed by atoms with Crippen LogP contribution in [-0.2, 0) is 95.4 Å². The second-order valence-electron chi connectivity index (χ2n) is 26.6. The Kier molecular flexibility index (Phi) is 24.5. The molecule has 9 aliphatic rings. The van der Waals surface area contributed by atoms with Gasteiger partial charge in [0.15, 0.2) is 26.4 Å². The Bertz CT molecular complexity index is 2940. The van der Waals surface area contributed by atoms with Crippen LogP contribution in [0.4, 0.5) is 0 Å². The van der Waals surface area contributed by atoms with Gasteiger partial charge in [-0.25, -0.2) is 38.4 Å². The van der Waals surface area contributed by atoms with E-state index >= 15 is 0 Å². The second kappa shape index (κ2) is 30.2. The molecule has 20 nitrogen and oxygen atoms in total. The van der Waals surface area contributed by atoms with Gasteiger partial charge in [0.1, 0.15) is 23.9 Å². The fourth-order valence-corrected chi connectivity index (χ4v) is 14.3. The van der Waals surface area contributed by atoms with E-state index < -0.39 is 109 Å². The van der Waals surface area contributed by atoms with Gasteiger partial charge in [0.05, 0.1) is 0 Å². The van der Waals surface area contributed by atoms with Crippen LogP contribution in [-0.4, -0.2) is 121 Å². The molecule has 12 atom stereocenters. The summed E-state index contributed by atoms with van der Waals surface area (Å²) in [6, 6.07) is 0. The number of carbonyl (C=O) groups excluding carboxylic acids is 12. The van der Waals surface area contributed by atoms with Crippen LogP contribution in [0.15, 0.2) is 83.6 Å². The summed E-state index contributed by atoms with van der Waals surface area (Å²) >= 11 is 0. The zero-order valence-corrected chi connectivity index (χ0v) is 53.4. The van der Waals surface area contributed by atoms with Crippen molar-refractivity contribution in [2.45, 2.75) is 184 Å². The van der Waals surface area contributed by atoms with E-state index in [2.05, 4.69) is 75.1 Å². The number of hydrogen-bond acceptors (Lipinski definition) is 20. The zero-order chi connectivity index (χ0) is 65.9. The highest BCUT2D eigenvalue weighted by Crippen LogP contribution is 2.71. The first-order valence-electron chi connectivity index (χ1n) is 30.3. The summed E-state index contributed by atoms with van der Waals surface area (Å²) < 4.78 is 40.1. The number of ether oxygens (including phenoxy) is 8. The number of Topliss-reactive ketones (excluding diaryl/α,β-unsaturated/α-hetero) is 4. The maximum Gasteiger partial charge on any atom is 0.378 e. The van der Waals surface area contributed by atoms with Gasteiger partial charge in [-0.3, -0.25) is 19.2 Å². The average Bonchev–Trinajstić information content (AvgIpc) is 1.61. The molecule has 0 N–H and O–H groups in total. The number of ketones is 4. The third kappa shape index (κ3) is 18.4. The molecule has 9 aliphatic carbocycles. The lowest BCUT2D eigenvalue weighted by molar-refractivity contribution is -0.178. The molecule has 0 radical (unpaired) electrons. The first-order valence-corrected chi connectivity index (χ1v) is 30.3. The lowest BCUT2D eigenvalue weighted by Gasteiger charge is -2.58. The van der Waals surface area contributed by atoms with Crippen molar-refractivity contribution in [2.24, 2.45) is 58.2 Å². The molecule has 5 fully saturated rings. The summed E-state index contributed by atoms with van der Waals surface area (Å²) in [5, 5.41) is 0. The predicted octanol–water partition coefficient (Wildman–Crippen LogP) is 9.35. The van der Waals surface area contributed by atoms with E-state index in [1.54, 1.807) is 0 Å². The normalized spacial score (nSPS) is 28.1. The Morgan fingerprint density at radius 3 is 1.36 bits per heavy atom. The van der Waals surface area contributed by atoms with E-state index in [1.165, 1.54) is 52.5 Å². The van der Waals surface area contributed by atoms with Crippen LogP contribution in [0.3, 0.4) is 0 Å². The van der Waals surface area contributed by atoms with Gasteiger partial charge in [-0.1, -0.05) is 77.7 Å². The van der Waals surface area contributed by atoms with Crippen molar-refractivity contribution < 1.29 is 95.4 Å². The van der Waals surface area contributed by atoms with Crippen LogP contribution < -0.4 is 0 Å². The Morgan fingerprint density at radius 1 is 0.489 bits per heavy atom. The lowest BCUT2D eigenvalue weighted by Crippen LogP contribution is -2.55. The van der Waals surface area contributed by atoms with E-state index in [4.69, 9.17) is 23.7 Å². The second-order valence-corrected chi connectivity index (χ2v) is 26.6. The number of fused-ring (bicyclic) bond motifs is 10. The summed E-state index contributed by atoms with van der Waals surface area (Å²) in [5.41, 5.74) is 3.80. The number of hydrogen-bond donors (Lipinski definition) is 0. The molecule has 0 aliphatic heterocycles. The van der Waals surface area contributed by atoms with E-state index in [0.29, 0.717) is 36.5 Å². The van der Waals surface area contributed by atoms with E-state index in [-0.39, 0.29) is 51.2 Å². The fourth-order valence-electron chi connectivity index (χ4n) is 14.3. The first-order chi connectivity index (χ1) is 41.0. The number of rotatable bonds is 21. The highest BCUT2D eigenvalue weighted by Gasteiger charge is 2.68. The summed E-state index contributed by atoms with van der Waals surface area (Å²) in [6.07, 6.45) is 16.5. The molecule has 0 aromatic heterocycles. The Hall–Kier alpha value is -7.38. The molecular weight excluding hydrogens is 1140 g/mol. The smallest absolute Gasteiger partial charge is 0.378 e. The van der Waals surface area contributed by atoms with Crippen molar-refractivity contribution >= 4 is 70.9 Å². The van der Waals surface area contributed by atoms with Crippen LogP contribution in [0.2, 0.25) is 0 Å². The van der Waals surface area contributed by atoms with Gasteiger partial charge in [-0.15, -0.1) is 0 Å². The summed E-state index contributed by atoms with van der Waals surface area (Å²) in [4.78, 5) is 139. The molecule has 9 rings (SSSR count). The molecule has 20 heteroatoms. The Morgan fingerprint density at radius 2 is 0.932 bits per heavy atom. The van der Waals surface area contributed by atoms with Gasteiger partial charge in [0.2, 0.25) is 0 Å². The quantitative estimate of drug-likeness (QED) is 0.0258. The van der Waals surface area contributed by atoms with Crippen molar-refractivity contribution in [1.29, 1.82) is 0 Å². The molecule has 0 heterocycles. The molecule has 5 saturated carbocycles. The molecule has 12 unspecified atom stereocenters. The summed E-state index contributed by atoms with van der Waals surface area (Å²) in [6.45, 7) is 33.6. The van der Waals surface area contributed by atoms with Crippen LogP contribution in [0, 0.1) is 58.2 Å². The third-order valence-corrected chi connectivity index (χ3v) is 18.4. The topological polar surface area (TPSA) is 279 Å². The largest absolute Gasteiger partial charge is 0.454 e. The van der Waals surface area contributed by atoms with E-state index in [9.17, 15) is 57.5 Å². The highest BCUT2D eigenvalue weighted by atomic mass is 16.6. The Balaban J connectivity index is 0.000000215. The molecule has 6 bridgehead atoms. The van der Waals surface area contributed by atoms with Crippen molar-refractivity contribution in [3.63, 3.8) is 0 Å². The maximum absolute atomic E-state index is 12.4. The molecule has 482 valence electrons. The molecule has 0 saturated heterocycles. The van der Waals surface area contributed by atoms with Gasteiger partial charge in [0, 0.05) is 34.1 Å². The standard InChI is InChI=1S/C21H28O5.C17H22O5.C16H22O5.C14H18O5/c1-4-21(26-20(24)16(22)10-25-19(23)11(2)3)9-14-8-15(21)18-13-6-5-12(7-13)17(14)18;1-9(2)15(19)21-8-13(18)16(20)22-14-6-10(3)11-7-12(14)17(11,4)5;1-10(2)14(18)20-9-13(17)15(19)21-12-6-11(3)7-16(4,5)8-12;1-9(2)13(16)18-8-12(15)14(17)19-11-6-4-5-10(3)7-11/h12-15,17-18H,2,4-10H2,1,3H3;6,11-12,14H,1,7-8H2,2-5H3;6,12H,1,7-9H2,2-5H3;7,11H,1,4-6,8H2,2-3H3. The predicted molar refractivity (Wildman–Crippen MR) is 319 cm³/mol. The van der Waals surface area contributed by atoms with Crippen molar-refractivity contribution in [3.05, 3.63) is 83.6 Å². The van der Waals surface area contributed by atoms with Crippen LogP contribution >= 0.6 is 0 Å². The monoisotopic (exact) mass is 1230 g/mol. The van der Waals surface area contributed by atoms with Crippen LogP contribution in [0.5, 0.6) is 0 Å². The third-order valence-electron chi connectivity index (χ3n) is 18.4. The lowest BCUT2D eigenvalue weighted by atomic mass is 9.48. The van der Waals surface area contributed by atoms with Crippen molar-refractivity contribution in [3.8, 4) is 0 Å². The minimum Gasteiger partial charge on any atom is -0.454 e. The van der Waals surface area contributed by atoms with E-state index in [0.717, 1.165) is 73.8 Å². The summed E-state index contributed by atoms with van der Waals surface area (Å²) in [5.74, 6) is -4.94. The molecule has 0 aromatic rings. The van der Waals surface area contributed by atoms with Crippen molar-refractivity contribution in [2.75, 3.05) is 26.4 Å². The Labute approximate surface area is 516 Å². The van der Waals surface area contributed by atoms with Gasteiger partial charge >= 0.3 is 47.8 Å². The van der Waals surface area contributed by atoms with E-state index in [1.807, 2.05) is 39.0 Å². The highest BCUT2D eigenvalue weighted by molar-refractivity contribution is 6.35. The zero-order valence-electron chi connectivity index (χ0n) is 53.4. The maximum atomic E-state index is 12.4. The van der Waals surface area contributed by atoms with Gasteiger partial charge < -0.3 is 37.9 Å². The number of esters is 8. The minimum absolute atomic E-state index is 0.0270. The molecule has 0 spiro atoms. The van der Waals surface area contributed by atoms with Gasteiger partial charge in [-0.05, 0) is 190 Å². The minimum atomic E-state index is -0.976. The van der Waals surface area contributed by atoms with Crippen LogP contribution in [0.1, 0.15) is 160 Å². The summed E-state index contributed by atoms with van der Waals surface area (Å²) in [7, 11) is 0. The number of allylic oxidation sites excluding steroid dienone is 3. The van der Waals surface area contributed by atoms with Gasteiger partial charge in [-0.2, -0.15) is 0 Å². The van der Waals surface area contributed by atoms with Gasteiger partial charge in [0.25, 0.3) is 23.1 Å². The number of carbonyl (C=O) groups is 12. The average molecular weight is 1230 g/mol. The molecule has 0 aromatic carbocycles. The first kappa shape index (κ1) is 71.4. The molecular formula is C68H90O20. The SMILES string of the molecule is C=C(C)C(=O)OCC(=O)C(=O)OC1(CC)CC2CC1C1C3CCC(C3)C21.C=C(C)C(=O)OCC(=O)C(=O)OC1C=C(C)C2CC1C2(C)C.C=C(C)C(=O)OCC(=O)C(=O)OC1C=C(C)CC(C)(C)C1.C=C(C)C(=O)OCC(=O)C(=O)OC1C=C(C)CCC1. The fraction of sp³-hybridized carbons (Fsp3) is 0.618. The van der Waals surface area contributed by atoms with Crippen molar-refractivity contribution in [1.82, 2.24) is 0 Å².